The minimum atomic E-state index is -0.894. The second kappa shape index (κ2) is 5.40. The Morgan fingerprint density at radius 2 is 2.17 bits per heavy atom. The summed E-state index contributed by atoms with van der Waals surface area (Å²) in [6.45, 7) is 0.837. The van der Waals surface area contributed by atoms with Crippen LogP contribution in [0.15, 0.2) is 42.6 Å². The van der Waals surface area contributed by atoms with Crippen LogP contribution in [-0.2, 0) is 6.42 Å². The highest BCUT2D eigenvalue weighted by Gasteiger charge is 2.06. The van der Waals surface area contributed by atoms with Gasteiger partial charge in [0.1, 0.15) is 0 Å². The minimum Gasteiger partial charge on any atom is -0.478 e. The highest BCUT2D eigenvalue weighted by molar-refractivity contribution is 5.88. The average molecular weight is 244 g/mol. The van der Waals surface area contributed by atoms with Gasteiger partial charge in [-0.2, -0.15) is 0 Å². The molecule has 0 fully saturated rings. The quantitative estimate of drug-likeness (QED) is 0.849. The molecule has 0 atom stereocenters. The Morgan fingerprint density at radius 1 is 1.33 bits per heavy atom. The third kappa shape index (κ3) is 2.91. The molecule has 0 bridgehead atoms. The molecule has 1 aromatic carbocycles. The van der Waals surface area contributed by atoms with Gasteiger partial charge in [-0.25, -0.2) is 4.79 Å². The molecule has 0 radical (unpaired) electrons. The summed E-state index contributed by atoms with van der Waals surface area (Å²) in [4.78, 5) is 16.1. The first-order valence-corrected chi connectivity index (χ1v) is 5.83. The summed E-state index contributed by atoms with van der Waals surface area (Å²) in [6.07, 6.45) is 2.81. The Hall–Kier alpha value is -2.23. The van der Waals surface area contributed by atoms with E-state index in [2.05, 4.69) is 4.98 Å². The number of hydrogen-bond donors (Lipinski definition) is 2. The molecule has 0 aliphatic carbocycles. The van der Waals surface area contributed by atoms with Crippen molar-refractivity contribution in [3.8, 4) is 0 Å². The first-order valence-electron chi connectivity index (χ1n) is 5.83. The first kappa shape index (κ1) is 12.2. The topological polar surface area (TPSA) is 56.3 Å². The van der Waals surface area contributed by atoms with Gasteiger partial charge in [-0.3, -0.25) is 0 Å². The number of H-pyrrole nitrogens is 1. The van der Waals surface area contributed by atoms with Crippen LogP contribution in [0.2, 0.25) is 0 Å². The molecule has 0 aliphatic heterocycles. The van der Waals surface area contributed by atoms with Gasteiger partial charge in [-0.1, -0.05) is 6.07 Å². The van der Waals surface area contributed by atoms with Crippen molar-refractivity contribution in [2.75, 3.05) is 18.5 Å². The normalized spacial score (nSPS) is 10.3. The Labute approximate surface area is 106 Å². The molecule has 94 valence electrons. The standard InChI is InChI=1S/C14H16N2O2/c1-16(9-7-12-5-3-8-15-12)13-6-2-4-11(10-13)14(17)18/h2-6,8,10,15H,7,9H2,1H3,(H,17,18). The molecule has 1 aromatic heterocycles. The average Bonchev–Trinajstić information content (AvgIpc) is 2.89. The Morgan fingerprint density at radius 3 is 2.83 bits per heavy atom. The van der Waals surface area contributed by atoms with Crippen molar-refractivity contribution in [1.82, 2.24) is 4.98 Å². The van der Waals surface area contributed by atoms with Gasteiger partial charge in [-0.05, 0) is 30.3 Å². The van der Waals surface area contributed by atoms with Crippen molar-refractivity contribution in [3.05, 3.63) is 53.9 Å². The first-order chi connectivity index (χ1) is 8.66. The fraction of sp³-hybridized carbons (Fsp3) is 0.214. The summed E-state index contributed by atoms with van der Waals surface area (Å²) in [7, 11) is 1.96. The Kier molecular flexibility index (Phi) is 3.67. The lowest BCUT2D eigenvalue weighted by atomic mass is 10.2. The second-order valence-corrected chi connectivity index (χ2v) is 4.22. The number of anilines is 1. The van der Waals surface area contributed by atoms with E-state index in [4.69, 9.17) is 5.11 Å². The molecule has 0 unspecified atom stereocenters. The highest BCUT2D eigenvalue weighted by atomic mass is 16.4. The second-order valence-electron chi connectivity index (χ2n) is 4.22. The SMILES string of the molecule is CN(CCc1ccc[nH]1)c1cccc(C(=O)O)c1. The Balaban J connectivity index is 2.02. The van der Waals surface area contributed by atoms with E-state index in [9.17, 15) is 4.79 Å². The summed E-state index contributed by atoms with van der Waals surface area (Å²) in [5.41, 5.74) is 2.41. The summed E-state index contributed by atoms with van der Waals surface area (Å²) in [5.74, 6) is -0.894. The van der Waals surface area contributed by atoms with Crippen LogP contribution < -0.4 is 4.90 Å². The highest BCUT2D eigenvalue weighted by Crippen LogP contribution is 2.15. The molecule has 0 saturated carbocycles. The van der Waals surface area contributed by atoms with E-state index in [0.29, 0.717) is 5.56 Å². The molecular formula is C14H16N2O2. The summed E-state index contributed by atoms with van der Waals surface area (Å²) < 4.78 is 0. The van der Waals surface area contributed by atoms with Crippen LogP contribution in [0.4, 0.5) is 5.69 Å². The van der Waals surface area contributed by atoms with Crippen molar-refractivity contribution >= 4 is 11.7 Å². The van der Waals surface area contributed by atoms with Crippen LogP contribution in [0.3, 0.4) is 0 Å². The summed E-state index contributed by atoms with van der Waals surface area (Å²) in [6, 6.07) is 11.0. The Bertz CT molecular complexity index is 520. The predicted molar refractivity (Wildman–Crippen MR) is 71.2 cm³/mol. The molecule has 4 nitrogen and oxygen atoms in total. The number of carboxylic acid groups (broad SMARTS) is 1. The van der Waals surface area contributed by atoms with Gasteiger partial charge < -0.3 is 15.0 Å². The van der Waals surface area contributed by atoms with Gasteiger partial charge in [-0.15, -0.1) is 0 Å². The third-order valence-electron chi connectivity index (χ3n) is 2.91. The van der Waals surface area contributed by atoms with Gasteiger partial charge in [0.05, 0.1) is 5.56 Å². The third-order valence-corrected chi connectivity index (χ3v) is 2.91. The molecule has 0 aliphatic rings. The summed E-state index contributed by atoms with van der Waals surface area (Å²) >= 11 is 0. The molecule has 2 N–H and O–H groups in total. The maximum absolute atomic E-state index is 10.9. The van der Waals surface area contributed by atoms with Crippen LogP contribution >= 0.6 is 0 Å². The van der Waals surface area contributed by atoms with Gasteiger partial charge in [0.2, 0.25) is 0 Å². The number of aromatic nitrogens is 1. The van der Waals surface area contributed by atoms with E-state index < -0.39 is 5.97 Å². The number of benzene rings is 1. The lowest BCUT2D eigenvalue weighted by Crippen LogP contribution is -2.20. The molecule has 0 amide bonds. The molecule has 2 aromatic rings. The number of nitrogens with one attached hydrogen (secondary N) is 1. The molecule has 2 rings (SSSR count). The van der Waals surface area contributed by atoms with Gasteiger partial charge in [0.15, 0.2) is 0 Å². The van der Waals surface area contributed by atoms with Crippen LogP contribution in [0.25, 0.3) is 0 Å². The van der Waals surface area contributed by atoms with Crippen LogP contribution in [-0.4, -0.2) is 29.7 Å². The van der Waals surface area contributed by atoms with Crippen LogP contribution in [0.1, 0.15) is 16.1 Å². The molecule has 1 heterocycles. The number of carbonyl (C=O) groups is 1. The maximum Gasteiger partial charge on any atom is 0.335 e. The zero-order valence-electron chi connectivity index (χ0n) is 10.3. The summed E-state index contributed by atoms with van der Waals surface area (Å²) in [5, 5.41) is 8.95. The number of carboxylic acids is 1. The van der Waals surface area contributed by atoms with E-state index in [1.807, 2.05) is 36.3 Å². The number of rotatable bonds is 5. The van der Waals surface area contributed by atoms with E-state index in [0.717, 1.165) is 18.7 Å². The predicted octanol–water partition coefficient (Wildman–Crippen LogP) is 2.39. The molecular weight excluding hydrogens is 228 g/mol. The van der Waals surface area contributed by atoms with Crippen LogP contribution in [0.5, 0.6) is 0 Å². The number of aromatic amines is 1. The molecule has 0 saturated heterocycles. The minimum absolute atomic E-state index is 0.319. The van der Waals surface area contributed by atoms with Crippen molar-refractivity contribution in [1.29, 1.82) is 0 Å². The van der Waals surface area contributed by atoms with E-state index >= 15 is 0 Å². The van der Waals surface area contributed by atoms with Crippen molar-refractivity contribution < 1.29 is 9.90 Å². The number of likely N-dealkylation sites (N-methyl/N-ethyl adjacent to an activating group) is 1. The monoisotopic (exact) mass is 244 g/mol. The largest absolute Gasteiger partial charge is 0.478 e. The van der Waals surface area contributed by atoms with E-state index in [1.165, 1.54) is 5.69 Å². The maximum atomic E-state index is 10.9. The fourth-order valence-electron chi connectivity index (χ4n) is 1.82. The van der Waals surface area contributed by atoms with Gasteiger partial charge in [0, 0.05) is 37.6 Å². The van der Waals surface area contributed by atoms with E-state index in [-0.39, 0.29) is 0 Å². The van der Waals surface area contributed by atoms with Crippen molar-refractivity contribution in [2.24, 2.45) is 0 Å². The van der Waals surface area contributed by atoms with Crippen molar-refractivity contribution in [2.45, 2.75) is 6.42 Å². The molecule has 18 heavy (non-hydrogen) atoms. The number of hydrogen-bond acceptors (Lipinski definition) is 2. The zero-order valence-corrected chi connectivity index (χ0v) is 10.3. The zero-order chi connectivity index (χ0) is 13.0. The number of aromatic carboxylic acids is 1. The number of nitrogens with zero attached hydrogens (tertiary/aromatic N) is 1. The smallest absolute Gasteiger partial charge is 0.335 e. The lowest BCUT2D eigenvalue weighted by molar-refractivity contribution is 0.0697. The van der Waals surface area contributed by atoms with Crippen molar-refractivity contribution in [3.63, 3.8) is 0 Å². The van der Waals surface area contributed by atoms with Gasteiger partial charge >= 0.3 is 5.97 Å². The van der Waals surface area contributed by atoms with Gasteiger partial charge in [0.25, 0.3) is 0 Å². The molecule has 4 heteroatoms. The lowest BCUT2D eigenvalue weighted by Gasteiger charge is -2.19. The molecule has 0 spiro atoms. The van der Waals surface area contributed by atoms with E-state index in [1.54, 1.807) is 18.2 Å². The van der Waals surface area contributed by atoms with Crippen LogP contribution in [0, 0.1) is 0 Å². The fourth-order valence-corrected chi connectivity index (χ4v) is 1.82.